The Morgan fingerprint density at radius 2 is 2.25 bits per heavy atom. The lowest BCUT2D eigenvalue weighted by Gasteiger charge is -2.31. The Balaban J connectivity index is 2.01. The second-order valence-electron chi connectivity index (χ2n) is 4.81. The van der Waals surface area contributed by atoms with E-state index in [-0.39, 0.29) is 5.84 Å². The Labute approximate surface area is 127 Å². The summed E-state index contributed by atoms with van der Waals surface area (Å²) >= 11 is 3.49. The molecule has 0 unspecified atom stereocenters. The number of nitrogens with one attached hydrogen (secondary N) is 1. The van der Waals surface area contributed by atoms with Crippen molar-refractivity contribution in [2.24, 2.45) is 5.73 Å². The molecule has 0 amide bonds. The fourth-order valence-corrected chi connectivity index (χ4v) is 4.20. The van der Waals surface area contributed by atoms with Crippen molar-refractivity contribution in [3.05, 3.63) is 45.6 Å². The molecule has 3 N–H and O–H groups in total. The number of hydrogen-bond donors (Lipinski definition) is 2. The largest absolute Gasteiger partial charge is 0.384 e. The summed E-state index contributed by atoms with van der Waals surface area (Å²) in [6.45, 7) is 1.91. The molecule has 3 rings (SSSR count). The van der Waals surface area contributed by atoms with Crippen molar-refractivity contribution in [1.82, 2.24) is 0 Å². The molecule has 104 valence electrons. The van der Waals surface area contributed by atoms with E-state index in [4.69, 9.17) is 11.1 Å². The highest BCUT2D eigenvalue weighted by Crippen LogP contribution is 2.33. The molecule has 0 aliphatic carbocycles. The minimum Gasteiger partial charge on any atom is -0.384 e. The number of nitrogen functional groups attached to an aromatic ring is 1. The topological polar surface area (TPSA) is 53.1 Å². The zero-order chi connectivity index (χ0) is 14.1. The van der Waals surface area contributed by atoms with Gasteiger partial charge in [-0.15, -0.1) is 23.1 Å². The van der Waals surface area contributed by atoms with Crippen LogP contribution in [0.25, 0.3) is 0 Å². The van der Waals surface area contributed by atoms with Gasteiger partial charge in [-0.25, -0.2) is 0 Å². The lowest BCUT2D eigenvalue weighted by molar-refractivity contribution is 0.742. The van der Waals surface area contributed by atoms with Crippen molar-refractivity contribution in [2.45, 2.75) is 17.9 Å². The highest BCUT2D eigenvalue weighted by atomic mass is 32.2. The van der Waals surface area contributed by atoms with Crippen LogP contribution in [0.15, 0.2) is 34.5 Å². The molecule has 0 saturated carbocycles. The highest BCUT2D eigenvalue weighted by molar-refractivity contribution is 7.98. The molecule has 1 aliphatic heterocycles. The zero-order valence-electron chi connectivity index (χ0n) is 11.3. The molecule has 1 aromatic heterocycles. The number of rotatable bonds is 3. The van der Waals surface area contributed by atoms with Crippen LogP contribution in [0.5, 0.6) is 0 Å². The van der Waals surface area contributed by atoms with Crippen LogP contribution in [0.4, 0.5) is 5.69 Å². The molecule has 20 heavy (non-hydrogen) atoms. The third-order valence-electron chi connectivity index (χ3n) is 3.64. The smallest absolute Gasteiger partial charge is 0.126 e. The predicted molar refractivity (Wildman–Crippen MR) is 88.3 cm³/mol. The molecule has 1 aromatic carbocycles. The fraction of sp³-hybridized carbons (Fsp3) is 0.267. The summed E-state index contributed by atoms with van der Waals surface area (Å²) in [5, 5.41) is 10.1. The lowest BCUT2D eigenvalue weighted by atomic mass is 10.1. The number of hydrogen-bond acceptors (Lipinski definition) is 4. The molecule has 0 saturated heterocycles. The van der Waals surface area contributed by atoms with E-state index in [1.165, 1.54) is 10.4 Å². The number of fused-ring (bicyclic) bond motifs is 1. The maximum Gasteiger partial charge on any atom is 0.126 e. The monoisotopic (exact) mass is 303 g/mol. The molecule has 2 aromatic rings. The number of benzene rings is 1. The summed E-state index contributed by atoms with van der Waals surface area (Å²) < 4.78 is 0. The molecule has 3 nitrogen and oxygen atoms in total. The van der Waals surface area contributed by atoms with Crippen LogP contribution in [-0.2, 0) is 13.0 Å². The Morgan fingerprint density at radius 3 is 3.00 bits per heavy atom. The van der Waals surface area contributed by atoms with Crippen molar-refractivity contribution < 1.29 is 0 Å². The molecule has 0 bridgehead atoms. The fourth-order valence-electron chi connectivity index (χ4n) is 2.68. The van der Waals surface area contributed by atoms with Crippen LogP contribution in [0.3, 0.4) is 0 Å². The van der Waals surface area contributed by atoms with Gasteiger partial charge in [0.1, 0.15) is 5.84 Å². The minimum atomic E-state index is 0.154. The summed E-state index contributed by atoms with van der Waals surface area (Å²) in [5.41, 5.74) is 9.18. The third kappa shape index (κ3) is 2.31. The Hall–Kier alpha value is -1.46. The van der Waals surface area contributed by atoms with E-state index in [1.807, 2.05) is 23.7 Å². The highest BCUT2D eigenvalue weighted by Gasteiger charge is 2.21. The third-order valence-corrected chi connectivity index (χ3v) is 5.44. The minimum absolute atomic E-state index is 0.154. The van der Waals surface area contributed by atoms with E-state index in [2.05, 4.69) is 28.5 Å². The van der Waals surface area contributed by atoms with Crippen LogP contribution in [0.2, 0.25) is 0 Å². The summed E-state index contributed by atoms with van der Waals surface area (Å²) in [6.07, 6.45) is 3.10. The van der Waals surface area contributed by atoms with E-state index >= 15 is 0 Å². The first-order valence-corrected chi connectivity index (χ1v) is 8.62. The normalized spacial score (nSPS) is 14.2. The maximum atomic E-state index is 7.89. The van der Waals surface area contributed by atoms with E-state index < -0.39 is 0 Å². The molecule has 1 aliphatic rings. The van der Waals surface area contributed by atoms with Crippen molar-refractivity contribution in [3.8, 4) is 0 Å². The first kappa shape index (κ1) is 13.5. The number of thiophene rings is 1. The average molecular weight is 303 g/mol. The van der Waals surface area contributed by atoms with Gasteiger partial charge < -0.3 is 10.6 Å². The summed E-state index contributed by atoms with van der Waals surface area (Å²) in [7, 11) is 0. The SMILES string of the molecule is CSc1cccc(N2CCc3sccc3C2)c1C(=N)N. The predicted octanol–water partition coefficient (Wildman–Crippen LogP) is 3.32. The standard InChI is InChI=1S/C15H17N3S2/c1-19-13-4-2-3-11(14(13)15(16)17)18-7-5-12-10(9-18)6-8-20-12/h2-4,6,8H,5,7,9H2,1H3,(H3,16,17). The van der Waals surface area contributed by atoms with Gasteiger partial charge in [-0.2, -0.15) is 0 Å². The van der Waals surface area contributed by atoms with Gasteiger partial charge in [0.25, 0.3) is 0 Å². The lowest BCUT2D eigenvalue weighted by Crippen LogP contribution is -2.31. The Kier molecular flexibility index (Phi) is 3.72. The molecule has 0 atom stereocenters. The number of nitrogens with two attached hydrogens (primary N) is 1. The second kappa shape index (κ2) is 5.50. The van der Waals surface area contributed by atoms with Gasteiger partial charge in [0.2, 0.25) is 0 Å². The summed E-state index contributed by atoms with van der Waals surface area (Å²) in [5.74, 6) is 0.154. The number of amidine groups is 1. The number of thioether (sulfide) groups is 1. The number of nitrogens with zero attached hydrogens (tertiary/aromatic N) is 1. The van der Waals surface area contributed by atoms with Gasteiger partial charge in [0.05, 0.1) is 5.56 Å². The van der Waals surface area contributed by atoms with Crippen molar-refractivity contribution in [2.75, 3.05) is 17.7 Å². The Bertz CT molecular complexity index is 648. The summed E-state index contributed by atoms with van der Waals surface area (Å²) in [4.78, 5) is 4.91. The van der Waals surface area contributed by atoms with Crippen LogP contribution in [0.1, 0.15) is 16.0 Å². The van der Waals surface area contributed by atoms with Crippen molar-refractivity contribution in [3.63, 3.8) is 0 Å². The average Bonchev–Trinajstić information content (AvgIpc) is 2.93. The van der Waals surface area contributed by atoms with Gasteiger partial charge in [0, 0.05) is 28.5 Å². The molecular weight excluding hydrogens is 286 g/mol. The quantitative estimate of drug-likeness (QED) is 0.519. The van der Waals surface area contributed by atoms with Crippen LogP contribution in [0, 0.1) is 5.41 Å². The van der Waals surface area contributed by atoms with Crippen LogP contribution >= 0.6 is 23.1 Å². The molecule has 0 radical (unpaired) electrons. The molecule has 0 spiro atoms. The van der Waals surface area contributed by atoms with E-state index in [0.29, 0.717) is 0 Å². The molecule has 5 heteroatoms. The first-order valence-electron chi connectivity index (χ1n) is 6.52. The van der Waals surface area contributed by atoms with E-state index in [1.54, 1.807) is 11.8 Å². The van der Waals surface area contributed by atoms with Crippen molar-refractivity contribution in [1.29, 1.82) is 5.41 Å². The molecule has 0 fully saturated rings. The van der Waals surface area contributed by atoms with Crippen LogP contribution < -0.4 is 10.6 Å². The van der Waals surface area contributed by atoms with E-state index in [0.717, 1.165) is 35.7 Å². The van der Waals surface area contributed by atoms with Crippen LogP contribution in [-0.4, -0.2) is 18.6 Å². The first-order chi connectivity index (χ1) is 9.70. The number of anilines is 1. The van der Waals surface area contributed by atoms with E-state index in [9.17, 15) is 0 Å². The zero-order valence-corrected chi connectivity index (χ0v) is 13.0. The molecule has 2 heterocycles. The van der Waals surface area contributed by atoms with Gasteiger partial charge in [0.15, 0.2) is 0 Å². The summed E-state index contributed by atoms with van der Waals surface area (Å²) in [6, 6.07) is 8.37. The van der Waals surface area contributed by atoms with Gasteiger partial charge in [-0.1, -0.05) is 6.07 Å². The second-order valence-corrected chi connectivity index (χ2v) is 6.66. The molecular formula is C15H17N3S2. The maximum absolute atomic E-state index is 7.89. The van der Waals surface area contributed by atoms with Gasteiger partial charge in [-0.3, -0.25) is 5.41 Å². The van der Waals surface area contributed by atoms with Gasteiger partial charge in [-0.05, 0) is 41.8 Å². The Morgan fingerprint density at radius 1 is 1.40 bits per heavy atom. The van der Waals surface area contributed by atoms with Gasteiger partial charge >= 0.3 is 0 Å². The van der Waals surface area contributed by atoms with Crippen molar-refractivity contribution >= 4 is 34.6 Å².